The number of hydrogen-bond donors (Lipinski definition) is 0. The van der Waals surface area contributed by atoms with E-state index in [9.17, 15) is 4.79 Å². The Hall–Kier alpha value is -1.39. The van der Waals surface area contributed by atoms with Crippen LogP contribution < -0.4 is 0 Å². The first kappa shape index (κ1) is 6.73. The number of ether oxygens (including phenoxy) is 1. The lowest BCUT2D eigenvalue weighted by atomic mass is 10.5. The summed E-state index contributed by atoms with van der Waals surface area (Å²) >= 11 is 0. The molecule has 0 unspecified atom stereocenters. The van der Waals surface area contributed by atoms with Gasteiger partial charge in [-0.15, -0.1) is 5.10 Å². The summed E-state index contributed by atoms with van der Waals surface area (Å²) in [7, 11) is 0. The van der Waals surface area contributed by atoms with Crippen LogP contribution in [0.2, 0.25) is 0 Å². The first-order valence-electron chi connectivity index (χ1n) is 2.79. The third-order valence-corrected chi connectivity index (χ3v) is 0.838. The van der Waals surface area contributed by atoms with Gasteiger partial charge in [-0.3, -0.25) is 0 Å². The molecule has 0 atom stereocenters. The van der Waals surface area contributed by atoms with Crippen molar-refractivity contribution >= 4 is 5.97 Å². The summed E-state index contributed by atoms with van der Waals surface area (Å²) in [5.74, 6) is -0.505. The molecule has 1 aromatic rings. The maximum atomic E-state index is 10.7. The second-order valence-corrected chi connectivity index (χ2v) is 1.50. The fourth-order valence-electron chi connectivity index (χ4n) is 0.459. The van der Waals surface area contributed by atoms with Crippen LogP contribution in [0.5, 0.6) is 0 Å². The van der Waals surface area contributed by atoms with Gasteiger partial charge in [-0.1, -0.05) is 0 Å². The second-order valence-electron chi connectivity index (χ2n) is 1.50. The Morgan fingerprint density at radius 2 is 2.70 bits per heavy atom. The van der Waals surface area contributed by atoms with Crippen molar-refractivity contribution in [2.75, 3.05) is 6.61 Å². The summed E-state index contributed by atoms with van der Waals surface area (Å²) in [6, 6.07) is 0. The lowest BCUT2D eigenvalue weighted by Crippen LogP contribution is -2.02. The number of nitrogens with zero attached hydrogens (tertiary/aromatic N) is 2. The summed E-state index contributed by atoms with van der Waals surface area (Å²) < 4.78 is 8.99. The molecular formula is C5H6N2O3. The number of aromatic nitrogens is 2. The van der Waals surface area contributed by atoms with E-state index in [2.05, 4.69) is 19.6 Å². The normalized spacial score (nSPS) is 9.30. The zero-order chi connectivity index (χ0) is 7.40. The number of hydrogen-bond acceptors (Lipinski definition) is 5. The molecule has 0 bridgehead atoms. The highest BCUT2D eigenvalue weighted by Gasteiger charge is 2.10. The molecule has 0 aliphatic carbocycles. The van der Waals surface area contributed by atoms with E-state index in [0.29, 0.717) is 6.61 Å². The molecule has 0 fully saturated rings. The molecule has 0 aliphatic rings. The molecule has 0 radical (unpaired) electrons. The highest BCUT2D eigenvalue weighted by Crippen LogP contribution is 1.95. The minimum absolute atomic E-state index is 0.0295. The number of carbonyl (C=O) groups excluding carboxylic acids is 1. The van der Waals surface area contributed by atoms with E-state index in [4.69, 9.17) is 0 Å². The monoisotopic (exact) mass is 142 g/mol. The predicted molar refractivity (Wildman–Crippen MR) is 30.3 cm³/mol. The SMILES string of the molecule is CCOC(=O)c1cnno1. The molecule has 0 saturated heterocycles. The van der Waals surface area contributed by atoms with Gasteiger partial charge in [0.15, 0.2) is 0 Å². The average molecular weight is 142 g/mol. The fourth-order valence-corrected chi connectivity index (χ4v) is 0.459. The van der Waals surface area contributed by atoms with Crippen molar-refractivity contribution in [1.82, 2.24) is 10.4 Å². The van der Waals surface area contributed by atoms with E-state index in [1.165, 1.54) is 6.20 Å². The Balaban J connectivity index is 2.59. The minimum atomic E-state index is -0.535. The first-order valence-corrected chi connectivity index (χ1v) is 2.79. The maximum absolute atomic E-state index is 10.7. The molecule has 0 spiro atoms. The number of rotatable bonds is 2. The van der Waals surface area contributed by atoms with Crippen molar-refractivity contribution in [2.45, 2.75) is 6.92 Å². The van der Waals surface area contributed by atoms with Crippen LogP contribution in [0.15, 0.2) is 10.7 Å². The molecule has 1 aromatic heterocycles. The summed E-state index contributed by atoms with van der Waals surface area (Å²) in [6.07, 6.45) is 1.21. The zero-order valence-corrected chi connectivity index (χ0v) is 5.40. The topological polar surface area (TPSA) is 65.2 Å². The van der Waals surface area contributed by atoms with Crippen molar-refractivity contribution in [2.24, 2.45) is 0 Å². The minimum Gasteiger partial charge on any atom is -0.460 e. The van der Waals surface area contributed by atoms with E-state index in [0.717, 1.165) is 0 Å². The third kappa shape index (κ3) is 1.31. The smallest absolute Gasteiger partial charge is 0.378 e. The lowest BCUT2D eigenvalue weighted by molar-refractivity contribution is 0.0479. The Morgan fingerprint density at radius 1 is 1.90 bits per heavy atom. The standard InChI is InChI=1S/C5H6N2O3/c1-2-9-5(8)4-3-6-7-10-4/h3H,2H2,1H3. The molecule has 54 valence electrons. The van der Waals surface area contributed by atoms with E-state index in [1.54, 1.807) is 6.92 Å². The highest BCUT2D eigenvalue weighted by molar-refractivity contribution is 5.85. The van der Waals surface area contributed by atoms with Crippen LogP contribution in [0.4, 0.5) is 0 Å². The van der Waals surface area contributed by atoms with Gasteiger partial charge in [0.25, 0.3) is 5.76 Å². The van der Waals surface area contributed by atoms with Gasteiger partial charge in [-0.05, 0) is 6.92 Å². The van der Waals surface area contributed by atoms with Gasteiger partial charge in [0, 0.05) is 5.27 Å². The molecule has 0 amide bonds. The van der Waals surface area contributed by atoms with Gasteiger partial charge in [-0.2, -0.15) is 0 Å². The van der Waals surface area contributed by atoms with Crippen LogP contribution >= 0.6 is 0 Å². The molecule has 0 aromatic carbocycles. The van der Waals surface area contributed by atoms with Crippen LogP contribution in [-0.2, 0) is 4.74 Å². The van der Waals surface area contributed by atoms with Crippen LogP contribution in [-0.4, -0.2) is 22.9 Å². The van der Waals surface area contributed by atoms with Gasteiger partial charge in [0.2, 0.25) is 0 Å². The highest BCUT2D eigenvalue weighted by atomic mass is 16.6. The quantitative estimate of drug-likeness (QED) is 0.553. The Labute approximate surface area is 57.0 Å². The predicted octanol–water partition coefficient (Wildman–Crippen LogP) is 0.246. The molecule has 5 heteroatoms. The van der Waals surface area contributed by atoms with Crippen molar-refractivity contribution in [3.63, 3.8) is 0 Å². The maximum Gasteiger partial charge on any atom is 0.378 e. The van der Waals surface area contributed by atoms with E-state index in [1.807, 2.05) is 0 Å². The van der Waals surface area contributed by atoms with Crippen LogP contribution in [0.25, 0.3) is 0 Å². The Bertz CT molecular complexity index is 207. The molecule has 0 N–H and O–H groups in total. The largest absolute Gasteiger partial charge is 0.460 e. The average Bonchev–Trinajstić information content (AvgIpc) is 2.38. The van der Waals surface area contributed by atoms with E-state index >= 15 is 0 Å². The van der Waals surface area contributed by atoms with Gasteiger partial charge in [-0.25, -0.2) is 4.79 Å². The zero-order valence-electron chi connectivity index (χ0n) is 5.40. The van der Waals surface area contributed by atoms with Crippen molar-refractivity contribution in [3.05, 3.63) is 12.0 Å². The molecule has 0 aliphatic heterocycles. The molecule has 1 heterocycles. The lowest BCUT2D eigenvalue weighted by Gasteiger charge is -1.93. The van der Waals surface area contributed by atoms with Crippen molar-refractivity contribution < 1.29 is 14.1 Å². The molecular weight excluding hydrogens is 136 g/mol. The molecule has 0 saturated carbocycles. The second kappa shape index (κ2) is 2.95. The third-order valence-electron chi connectivity index (χ3n) is 0.838. The Morgan fingerprint density at radius 3 is 3.20 bits per heavy atom. The van der Waals surface area contributed by atoms with E-state index < -0.39 is 5.97 Å². The first-order chi connectivity index (χ1) is 4.84. The molecule has 5 nitrogen and oxygen atoms in total. The fraction of sp³-hybridized carbons (Fsp3) is 0.400. The van der Waals surface area contributed by atoms with Crippen LogP contribution in [0.3, 0.4) is 0 Å². The summed E-state index contributed by atoms with van der Waals surface area (Å²) in [5.41, 5.74) is 0. The van der Waals surface area contributed by atoms with Gasteiger partial charge in [0.1, 0.15) is 6.20 Å². The van der Waals surface area contributed by atoms with E-state index in [-0.39, 0.29) is 5.76 Å². The van der Waals surface area contributed by atoms with Crippen LogP contribution in [0, 0.1) is 0 Å². The Kier molecular flexibility index (Phi) is 1.99. The summed E-state index contributed by atoms with van der Waals surface area (Å²) in [5, 5.41) is 6.41. The number of carbonyl (C=O) groups is 1. The van der Waals surface area contributed by atoms with Gasteiger partial charge < -0.3 is 9.26 Å². The van der Waals surface area contributed by atoms with Crippen molar-refractivity contribution in [3.8, 4) is 0 Å². The molecule has 1 rings (SSSR count). The van der Waals surface area contributed by atoms with Crippen molar-refractivity contribution in [1.29, 1.82) is 0 Å². The van der Waals surface area contributed by atoms with Gasteiger partial charge in [0.05, 0.1) is 6.61 Å². The molecule has 10 heavy (non-hydrogen) atoms. The van der Waals surface area contributed by atoms with Gasteiger partial charge >= 0.3 is 5.97 Å². The number of esters is 1. The summed E-state index contributed by atoms with van der Waals surface area (Å²) in [4.78, 5) is 10.7. The summed E-state index contributed by atoms with van der Waals surface area (Å²) in [6.45, 7) is 2.03. The van der Waals surface area contributed by atoms with Crippen LogP contribution in [0.1, 0.15) is 17.5 Å².